The monoisotopic (exact) mass is 366 g/mol. The molecule has 0 spiro atoms. The van der Waals surface area contributed by atoms with E-state index in [9.17, 15) is 4.39 Å². The Bertz CT molecular complexity index is 576. The van der Waals surface area contributed by atoms with Crippen molar-refractivity contribution in [2.24, 2.45) is 0 Å². The quantitative estimate of drug-likeness (QED) is 0.428. The van der Waals surface area contributed by atoms with E-state index in [-0.39, 0.29) is 5.82 Å². The molecule has 2 rings (SSSR count). The number of hydrogen-bond acceptors (Lipinski definition) is 0. The van der Waals surface area contributed by atoms with Crippen LogP contribution in [0.2, 0.25) is 15.1 Å². The predicted molar refractivity (Wildman–Crippen MR) is 79.5 cm³/mol. The summed E-state index contributed by atoms with van der Waals surface area (Å²) in [5.74, 6) is -0.248. The van der Waals surface area contributed by atoms with E-state index in [0.29, 0.717) is 26.0 Å². The van der Waals surface area contributed by atoms with Gasteiger partial charge in [0.1, 0.15) is 5.82 Å². The topological polar surface area (TPSA) is 0 Å². The maximum Gasteiger partial charge on any atom is 0.127 e. The van der Waals surface area contributed by atoms with Crippen LogP contribution < -0.4 is 0 Å². The predicted octanol–water partition coefficient (Wildman–Crippen LogP) is 6.35. The van der Waals surface area contributed by atoms with E-state index in [1.807, 2.05) is 0 Å². The van der Waals surface area contributed by atoms with Gasteiger partial charge in [0.15, 0.2) is 0 Å². The van der Waals surface area contributed by atoms with E-state index in [0.717, 1.165) is 11.1 Å². The first-order valence-electron chi connectivity index (χ1n) is 5.02. The van der Waals surface area contributed by atoms with E-state index >= 15 is 0 Å². The highest BCUT2D eigenvalue weighted by Gasteiger charge is 2.09. The number of hydrogen-bond donors (Lipinski definition) is 0. The molecule has 0 bridgehead atoms. The van der Waals surface area contributed by atoms with Crippen LogP contribution in [-0.4, -0.2) is 0 Å². The van der Waals surface area contributed by atoms with Crippen LogP contribution >= 0.6 is 50.7 Å². The molecule has 0 amide bonds. The molecular formula is C13H7BrCl3F. The van der Waals surface area contributed by atoms with Crippen LogP contribution in [0.25, 0.3) is 11.1 Å². The van der Waals surface area contributed by atoms with Crippen molar-refractivity contribution in [3.05, 3.63) is 56.8 Å². The molecule has 0 saturated carbocycles. The first-order valence-corrected chi connectivity index (χ1v) is 7.27. The maximum absolute atomic E-state index is 13.4. The highest BCUT2D eigenvalue weighted by Crippen LogP contribution is 2.35. The zero-order valence-electron chi connectivity index (χ0n) is 8.98. The van der Waals surface area contributed by atoms with Crippen molar-refractivity contribution < 1.29 is 4.39 Å². The molecule has 0 aromatic heterocycles. The van der Waals surface area contributed by atoms with Crippen molar-refractivity contribution >= 4 is 50.7 Å². The fourth-order valence-corrected chi connectivity index (χ4v) is 2.60. The fraction of sp³-hybridized carbons (Fsp3) is 0.0769. The van der Waals surface area contributed by atoms with Gasteiger partial charge in [0.25, 0.3) is 0 Å². The van der Waals surface area contributed by atoms with Gasteiger partial charge in [0, 0.05) is 5.33 Å². The average molecular weight is 368 g/mol. The molecule has 0 aliphatic carbocycles. The van der Waals surface area contributed by atoms with Crippen molar-refractivity contribution in [3.8, 4) is 11.1 Å². The number of benzene rings is 2. The molecule has 0 heterocycles. The Hall–Kier alpha value is -0.280. The largest absolute Gasteiger partial charge is 0.207 e. The molecule has 5 heteroatoms. The highest BCUT2D eigenvalue weighted by atomic mass is 79.9. The van der Waals surface area contributed by atoms with Gasteiger partial charge in [0.05, 0.1) is 15.1 Å². The van der Waals surface area contributed by atoms with E-state index in [4.69, 9.17) is 34.8 Å². The summed E-state index contributed by atoms with van der Waals surface area (Å²) >= 11 is 21.1. The second kappa shape index (κ2) is 5.79. The second-order valence-corrected chi connectivity index (χ2v) is 5.45. The molecule has 0 radical (unpaired) electrons. The van der Waals surface area contributed by atoms with Gasteiger partial charge in [-0.05, 0) is 41.0 Å². The van der Waals surface area contributed by atoms with Crippen LogP contribution in [-0.2, 0) is 5.33 Å². The third-order valence-electron chi connectivity index (χ3n) is 2.51. The zero-order valence-corrected chi connectivity index (χ0v) is 12.8. The summed E-state index contributed by atoms with van der Waals surface area (Å²) in [6.45, 7) is 0. The van der Waals surface area contributed by atoms with Gasteiger partial charge in [-0.25, -0.2) is 4.39 Å². The Morgan fingerprint density at radius 3 is 2.11 bits per heavy atom. The smallest absolute Gasteiger partial charge is 0.127 e. The van der Waals surface area contributed by atoms with Crippen molar-refractivity contribution in [2.45, 2.75) is 5.33 Å². The Labute approximate surface area is 128 Å². The van der Waals surface area contributed by atoms with Gasteiger partial charge in [-0.3, -0.25) is 0 Å². The van der Waals surface area contributed by atoms with Gasteiger partial charge in [-0.1, -0.05) is 56.8 Å². The summed E-state index contributed by atoms with van der Waals surface area (Å²) in [4.78, 5) is 0. The van der Waals surface area contributed by atoms with E-state index < -0.39 is 0 Å². The Balaban J connectivity index is 2.55. The standard InChI is InChI=1S/C13H7BrCl3F/c14-6-9-3-7(1-2-12(9)18)8-4-10(15)13(17)11(16)5-8/h1-5H,6H2. The Kier molecular flexibility index (Phi) is 4.54. The molecular weight excluding hydrogens is 361 g/mol. The summed E-state index contributed by atoms with van der Waals surface area (Å²) < 4.78 is 13.4. The molecule has 94 valence electrons. The number of halogens is 5. The average Bonchev–Trinajstić information content (AvgIpc) is 2.36. The van der Waals surface area contributed by atoms with Crippen LogP contribution in [0.15, 0.2) is 30.3 Å². The SMILES string of the molecule is Fc1ccc(-c2cc(Cl)c(Cl)c(Cl)c2)cc1CBr. The van der Waals surface area contributed by atoms with Crippen molar-refractivity contribution in [2.75, 3.05) is 0 Å². The molecule has 0 aliphatic rings. The summed E-state index contributed by atoms with van der Waals surface area (Å²) in [6.07, 6.45) is 0. The summed E-state index contributed by atoms with van der Waals surface area (Å²) in [7, 11) is 0. The fourth-order valence-electron chi connectivity index (χ4n) is 1.58. The summed E-state index contributed by atoms with van der Waals surface area (Å²) in [5.41, 5.74) is 2.22. The van der Waals surface area contributed by atoms with Crippen molar-refractivity contribution in [3.63, 3.8) is 0 Å². The minimum atomic E-state index is -0.248. The molecule has 0 atom stereocenters. The minimum absolute atomic E-state index is 0.248. The van der Waals surface area contributed by atoms with Gasteiger partial charge >= 0.3 is 0 Å². The van der Waals surface area contributed by atoms with E-state index in [2.05, 4.69) is 15.9 Å². The third kappa shape index (κ3) is 2.83. The molecule has 18 heavy (non-hydrogen) atoms. The number of alkyl halides is 1. The number of rotatable bonds is 2. The molecule has 0 N–H and O–H groups in total. The van der Waals surface area contributed by atoms with Crippen molar-refractivity contribution in [1.82, 2.24) is 0 Å². The lowest BCUT2D eigenvalue weighted by Crippen LogP contribution is -1.88. The molecule has 2 aromatic carbocycles. The Morgan fingerprint density at radius 2 is 1.56 bits per heavy atom. The van der Waals surface area contributed by atoms with Crippen LogP contribution in [0.1, 0.15) is 5.56 Å². The zero-order chi connectivity index (χ0) is 13.3. The first-order chi connectivity index (χ1) is 8.52. The first kappa shape index (κ1) is 14.1. The lowest BCUT2D eigenvalue weighted by atomic mass is 10.0. The molecule has 2 aromatic rings. The van der Waals surface area contributed by atoms with Crippen LogP contribution in [0.4, 0.5) is 4.39 Å². The van der Waals surface area contributed by atoms with Gasteiger partial charge < -0.3 is 0 Å². The van der Waals surface area contributed by atoms with Gasteiger partial charge in [-0.15, -0.1) is 0 Å². The molecule has 0 fully saturated rings. The van der Waals surface area contributed by atoms with Crippen LogP contribution in [0, 0.1) is 5.82 Å². The van der Waals surface area contributed by atoms with Crippen LogP contribution in [0.5, 0.6) is 0 Å². The molecule has 0 nitrogen and oxygen atoms in total. The molecule has 0 aliphatic heterocycles. The summed E-state index contributed by atoms with van der Waals surface area (Å²) in [5, 5.41) is 1.53. The van der Waals surface area contributed by atoms with E-state index in [1.165, 1.54) is 6.07 Å². The van der Waals surface area contributed by atoms with Crippen molar-refractivity contribution in [1.29, 1.82) is 0 Å². The molecule has 0 unspecified atom stereocenters. The lowest BCUT2D eigenvalue weighted by Gasteiger charge is -2.08. The maximum atomic E-state index is 13.4. The highest BCUT2D eigenvalue weighted by molar-refractivity contribution is 9.08. The normalized spacial score (nSPS) is 10.7. The lowest BCUT2D eigenvalue weighted by molar-refractivity contribution is 0.618. The van der Waals surface area contributed by atoms with Crippen LogP contribution in [0.3, 0.4) is 0 Å². The second-order valence-electron chi connectivity index (χ2n) is 3.69. The summed E-state index contributed by atoms with van der Waals surface area (Å²) in [6, 6.07) is 8.27. The van der Waals surface area contributed by atoms with Gasteiger partial charge in [-0.2, -0.15) is 0 Å². The minimum Gasteiger partial charge on any atom is -0.207 e. The Morgan fingerprint density at radius 1 is 0.944 bits per heavy atom. The van der Waals surface area contributed by atoms with E-state index in [1.54, 1.807) is 24.3 Å². The van der Waals surface area contributed by atoms with Gasteiger partial charge in [0.2, 0.25) is 0 Å². The molecule has 0 saturated heterocycles. The third-order valence-corrected chi connectivity index (χ3v) is 4.31.